The van der Waals surface area contributed by atoms with Crippen molar-refractivity contribution >= 4 is 21.8 Å². The van der Waals surface area contributed by atoms with E-state index < -0.39 is 0 Å². The minimum atomic E-state index is -0.118. The van der Waals surface area contributed by atoms with E-state index in [4.69, 9.17) is 4.74 Å². The van der Waals surface area contributed by atoms with Gasteiger partial charge in [0.1, 0.15) is 11.5 Å². The third kappa shape index (κ3) is 3.26. The second kappa shape index (κ2) is 6.97. The summed E-state index contributed by atoms with van der Waals surface area (Å²) in [5, 5.41) is 10.7. The van der Waals surface area contributed by atoms with Gasteiger partial charge in [0.15, 0.2) is 0 Å². The Kier molecular flexibility index (Phi) is 5.29. The molecule has 1 N–H and O–H groups in total. The van der Waals surface area contributed by atoms with E-state index in [1.807, 2.05) is 4.90 Å². The number of methoxy groups -OCH3 is 1. The summed E-state index contributed by atoms with van der Waals surface area (Å²) in [7, 11) is 1.55. The Bertz CT molecular complexity index is 472. The van der Waals surface area contributed by atoms with Crippen molar-refractivity contribution in [1.82, 2.24) is 4.90 Å². The maximum Gasteiger partial charge on any atom is 0.258 e. The van der Waals surface area contributed by atoms with Gasteiger partial charge in [-0.2, -0.15) is 0 Å². The SMILES string of the molecule is COc1ccc(O)c(C(=O)N(CCBr)C2CCCC2)c1. The summed E-state index contributed by atoms with van der Waals surface area (Å²) in [4.78, 5) is 14.6. The number of carbonyl (C=O) groups excluding carboxylic acids is 1. The smallest absolute Gasteiger partial charge is 0.258 e. The molecule has 1 aromatic rings. The molecule has 1 saturated carbocycles. The molecule has 0 aliphatic heterocycles. The number of alkyl halides is 1. The van der Waals surface area contributed by atoms with E-state index in [0.29, 0.717) is 17.9 Å². The summed E-state index contributed by atoms with van der Waals surface area (Å²) in [5.41, 5.74) is 0.317. The molecule has 0 spiro atoms. The molecular formula is C15H20BrNO3. The van der Waals surface area contributed by atoms with Crippen molar-refractivity contribution in [1.29, 1.82) is 0 Å². The van der Waals surface area contributed by atoms with Crippen LogP contribution in [0.4, 0.5) is 0 Å². The number of benzene rings is 1. The van der Waals surface area contributed by atoms with Crippen LogP contribution in [-0.4, -0.2) is 40.9 Å². The minimum Gasteiger partial charge on any atom is -0.507 e. The molecule has 5 heteroatoms. The molecule has 4 nitrogen and oxygen atoms in total. The molecular weight excluding hydrogens is 322 g/mol. The molecule has 1 aliphatic rings. The van der Waals surface area contributed by atoms with E-state index in [9.17, 15) is 9.90 Å². The van der Waals surface area contributed by atoms with Crippen LogP contribution in [0, 0.1) is 0 Å². The Labute approximate surface area is 127 Å². The number of ether oxygens (including phenoxy) is 1. The molecule has 0 radical (unpaired) electrons. The Hall–Kier alpha value is -1.23. The van der Waals surface area contributed by atoms with Crippen molar-refractivity contribution in [2.45, 2.75) is 31.7 Å². The van der Waals surface area contributed by atoms with Crippen LogP contribution >= 0.6 is 15.9 Å². The fourth-order valence-electron chi connectivity index (χ4n) is 2.73. The van der Waals surface area contributed by atoms with Gasteiger partial charge in [0.2, 0.25) is 0 Å². The number of halogens is 1. The van der Waals surface area contributed by atoms with Crippen LogP contribution in [0.1, 0.15) is 36.0 Å². The number of hydrogen-bond donors (Lipinski definition) is 1. The zero-order chi connectivity index (χ0) is 14.5. The van der Waals surface area contributed by atoms with Gasteiger partial charge in [-0.05, 0) is 31.0 Å². The van der Waals surface area contributed by atoms with Gasteiger partial charge < -0.3 is 14.7 Å². The molecule has 1 amide bonds. The monoisotopic (exact) mass is 341 g/mol. The number of rotatable bonds is 5. The summed E-state index contributed by atoms with van der Waals surface area (Å²) in [6, 6.07) is 5.04. The number of amides is 1. The molecule has 2 rings (SSSR count). The van der Waals surface area contributed by atoms with Crippen molar-refractivity contribution < 1.29 is 14.6 Å². The second-order valence-corrected chi connectivity index (χ2v) is 5.80. The van der Waals surface area contributed by atoms with E-state index in [-0.39, 0.29) is 17.7 Å². The lowest BCUT2D eigenvalue weighted by Gasteiger charge is -2.28. The Morgan fingerprint density at radius 1 is 1.45 bits per heavy atom. The van der Waals surface area contributed by atoms with Gasteiger partial charge >= 0.3 is 0 Å². The molecule has 0 bridgehead atoms. The highest BCUT2D eigenvalue weighted by molar-refractivity contribution is 9.09. The molecule has 1 fully saturated rings. The maximum absolute atomic E-state index is 12.7. The third-order valence-corrected chi connectivity index (χ3v) is 4.14. The Balaban J connectivity index is 2.26. The summed E-state index contributed by atoms with van der Waals surface area (Å²) in [6.45, 7) is 0.653. The van der Waals surface area contributed by atoms with E-state index in [1.54, 1.807) is 19.2 Å². The van der Waals surface area contributed by atoms with Gasteiger partial charge in [0.05, 0.1) is 12.7 Å². The predicted molar refractivity (Wildman–Crippen MR) is 81.7 cm³/mol. The van der Waals surface area contributed by atoms with Crippen LogP contribution in [0.2, 0.25) is 0 Å². The molecule has 110 valence electrons. The van der Waals surface area contributed by atoms with Gasteiger partial charge in [0.25, 0.3) is 5.91 Å². The van der Waals surface area contributed by atoms with E-state index >= 15 is 0 Å². The van der Waals surface area contributed by atoms with Gasteiger partial charge in [0, 0.05) is 17.9 Å². The Morgan fingerprint density at radius 2 is 2.15 bits per heavy atom. The minimum absolute atomic E-state index is 0.00775. The number of aromatic hydroxyl groups is 1. The zero-order valence-corrected chi connectivity index (χ0v) is 13.2. The zero-order valence-electron chi connectivity index (χ0n) is 11.6. The van der Waals surface area contributed by atoms with Crippen molar-refractivity contribution in [3.63, 3.8) is 0 Å². The summed E-state index contributed by atoms with van der Waals surface area (Å²) >= 11 is 3.40. The number of hydrogen-bond acceptors (Lipinski definition) is 3. The topological polar surface area (TPSA) is 49.8 Å². The molecule has 0 heterocycles. The molecule has 0 unspecified atom stereocenters. The van der Waals surface area contributed by atoms with E-state index in [1.165, 1.54) is 18.9 Å². The molecule has 0 atom stereocenters. The van der Waals surface area contributed by atoms with Crippen molar-refractivity contribution in [3.8, 4) is 11.5 Å². The van der Waals surface area contributed by atoms with Crippen LogP contribution < -0.4 is 4.74 Å². The number of phenols is 1. The lowest BCUT2D eigenvalue weighted by Crippen LogP contribution is -2.40. The average Bonchev–Trinajstić information content (AvgIpc) is 2.98. The molecule has 20 heavy (non-hydrogen) atoms. The Morgan fingerprint density at radius 3 is 2.75 bits per heavy atom. The highest BCUT2D eigenvalue weighted by Gasteiger charge is 2.28. The van der Waals surface area contributed by atoms with Gasteiger partial charge in [-0.15, -0.1) is 0 Å². The summed E-state index contributed by atoms with van der Waals surface area (Å²) < 4.78 is 5.13. The molecule has 1 aromatic carbocycles. The lowest BCUT2D eigenvalue weighted by atomic mass is 10.1. The fourth-order valence-corrected chi connectivity index (χ4v) is 3.11. The van der Waals surface area contributed by atoms with Crippen molar-refractivity contribution in [3.05, 3.63) is 23.8 Å². The molecule has 1 aliphatic carbocycles. The fraction of sp³-hybridized carbons (Fsp3) is 0.533. The van der Waals surface area contributed by atoms with E-state index in [2.05, 4.69) is 15.9 Å². The highest BCUT2D eigenvalue weighted by Crippen LogP contribution is 2.29. The summed E-state index contributed by atoms with van der Waals surface area (Å²) in [5.74, 6) is 0.470. The lowest BCUT2D eigenvalue weighted by molar-refractivity contribution is 0.0693. The first-order chi connectivity index (χ1) is 9.67. The number of phenolic OH excluding ortho intramolecular Hbond substituents is 1. The normalized spacial score (nSPS) is 15.3. The molecule has 0 saturated heterocycles. The quantitative estimate of drug-likeness (QED) is 0.836. The van der Waals surface area contributed by atoms with Crippen LogP contribution in [0.25, 0.3) is 0 Å². The van der Waals surface area contributed by atoms with E-state index in [0.717, 1.165) is 18.2 Å². The number of carbonyl (C=O) groups is 1. The highest BCUT2D eigenvalue weighted by atomic mass is 79.9. The average molecular weight is 342 g/mol. The molecule has 0 aromatic heterocycles. The van der Waals surface area contributed by atoms with Crippen molar-refractivity contribution in [2.75, 3.05) is 19.0 Å². The van der Waals surface area contributed by atoms with Crippen LogP contribution in [0.15, 0.2) is 18.2 Å². The maximum atomic E-state index is 12.7. The van der Waals surface area contributed by atoms with Crippen LogP contribution in [0.5, 0.6) is 11.5 Å². The first-order valence-corrected chi connectivity index (χ1v) is 8.03. The van der Waals surface area contributed by atoms with Gasteiger partial charge in [-0.3, -0.25) is 4.79 Å². The first-order valence-electron chi connectivity index (χ1n) is 6.91. The van der Waals surface area contributed by atoms with Crippen molar-refractivity contribution in [2.24, 2.45) is 0 Å². The van der Waals surface area contributed by atoms with Gasteiger partial charge in [-0.1, -0.05) is 28.8 Å². The van der Waals surface area contributed by atoms with Crippen LogP contribution in [0.3, 0.4) is 0 Å². The van der Waals surface area contributed by atoms with Gasteiger partial charge in [-0.25, -0.2) is 0 Å². The largest absolute Gasteiger partial charge is 0.507 e. The first kappa shape index (κ1) is 15.2. The third-order valence-electron chi connectivity index (χ3n) is 3.79. The summed E-state index contributed by atoms with van der Waals surface area (Å²) in [6.07, 6.45) is 4.43. The second-order valence-electron chi connectivity index (χ2n) is 5.01. The van der Waals surface area contributed by atoms with Crippen LogP contribution in [-0.2, 0) is 0 Å². The standard InChI is InChI=1S/C15H20BrNO3/c1-20-12-6-7-14(18)13(10-12)15(19)17(9-8-16)11-4-2-3-5-11/h6-7,10-11,18H,2-5,8-9H2,1H3. The number of nitrogens with zero attached hydrogens (tertiary/aromatic N) is 1. The predicted octanol–water partition coefficient (Wildman–Crippen LogP) is 3.18.